The Hall–Kier alpha value is -1.75. The van der Waals surface area contributed by atoms with Gasteiger partial charge in [0.1, 0.15) is 0 Å². The fraction of sp³-hybridized carbons (Fsp3) is 0.562. The van der Waals surface area contributed by atoms with Crippen LogP contribution in [0.1, 0.15) is 31.0 Å². The normalized spacial score (nSPS) is 17.7. The molecule has 0 bridgehead atoms. The van der Waals surface area contributed by atoms with Crippen molar-refractivity contribution in [2.24, 2.45) is 13.0 Å². The molecule has 1 atom stereocenters. The number of hydrogen-bond acceptors (Lipinski definition) is 4. The number of fused-ring (bicyclic) bond motifs is 1. The number of nitrogens with one attached hydrogen (secondary N) is 1. The van der Waals surface area contributed by atoms with E-state index in [9.17, 15) is 0 Å². The molecule has 2 heterocycles. The van der Waals surface area contributed by atoms with Crippen molar-refractivity contribution in [1.29, 1.82) is 0 Å². The van der Waals surface area contributed by atoms with Gasteiger partial charge >= 0.3 is 0 Å². The van der Waals surface area contributed by atoms with Crippen LogP contribution in [0.5, 0.6) is 0 Å². The molecule has 0 fully saturated rings. The number of rotatable bonds is 5. The zero-order chi connectivity index (χ0) is 14.7. The summed E-state index contributed by atoms with van der Waals surface area (Å²) in [5, 5.41) is 7.71. The van der Waals surface area contributed by atoms with Gasteiger partial charge in [-0.05, 0) is 50.3 Å². The predicted molar refractivity (Wildman–Crippen MR) is 82.9 cm³/mol. The number of aromatic nitrogens is 4. The second-order valence-electron chi connectivity index (χ2n) is 5.88. The summed E-state index contributed by atoms with van der Waals surface area (Å²) in [4.78, 5) is 9.26. The fourth-order valence-corrected chi connectivity index (χ4v) is 2.92. The van der Waals surface area contributed by atoms with Crippen molar-refractivity contribution in [2.45, 2.75) is 32.6 Å². The smallest absolute Gasteiger partial charge is 0.162 e. The molecule has 0 saturated carbocycles. The van der Waals surface area contributed by atoms with Gasteiger partial charge in [-0.1, -0.05) is 6.92 Å². The molecule has 1 aliphatic rings. The summed E-state index contributed by atoms with van der Waals surface area (Å²) < 4.78 is 1.79. The van der Waals surface area contributed by atoms with Crippen LogP contribution in [-0.4, -0.2) is 32.8 Å². The molecule has 0 radical (unpaired) electrons. The van der Waals surface area contributed by atoms with E-state index in [0.29, 0.717) is 0 Å². The lowest BCUT2D eigenvalue weighted by molar-refractivity contribution is 0.420. The third kappa shape index (κ3) is 3.29. The second kappa shape index (κ2) is 6.35. The maximum Gasteiger partial charge on any atom is 0.162 e. The highest BCUT2D eigenvalue weighted by Gasteiger charge is 2.20. The Morgan fingerprint density at radius 3 is 3.05 bits per heavy atom. The van der Waals surface area contributed by atoms with Crippen molar-refractivity contribution >= 4 is 0 Å². The van der Waals surface area contributed by atoms with Crippen LogP contribution in [-0.2, 0) is 19.9 Å². The van der Waals surface area contributed by atoms with Crippen LogP contribution in [0.15, 0.2) is 18.6 Å². The molecule has 0 aromatic carbocycles. The monoisotopic (exact) mass is 285 g/mol. The summed E-state index contributed by atoms with van der Waals surface area (Å²) in [5.74, 6) is 1.52. The minimum absolute atomic E-state index is 0.719. The van der Waals surface area contributed by atoms with Crippen LogP contribution in [0.3, 0.4) is 0 Å². The molecule has 0 aliphatic heterocycles. The molecule has 3 rings (SSSR count). The maximum atomic E-state index is 4.74. The summed E-state index contributed by atoms with van der Waals surface area (Å²) in [6.45, 7) is 4.43. The van der Waals surface area contributed by atoms with Crippen molar-refractivity contribution in [2.75, 3.05) is 13.1 Å². The average Bonchev–Trinajstić information content (AvgIpc) is 2.93. The van der Waals surface area contributed by atoms with E-state index >= 15 is 0 Å². The summed E-state index contributed by atoms with van der Waals surface area (Å²) in [7, 11) is 1.91. The second-order valence-corrected chi connectivity index (χ2v) is 5.88. The van der Waals surface area contributed by atoms with Gasteiger partial charge in [0.05, 0.1) is 11.8 Å². The first-order chi connectivity index (χ1) is 10.3. The van der Waals surface area contributed by atoms with Crippen LogP contribution in [0.25, 0.3) is 11.4 Å². The van der Waals surface area contributed by atoms with Crippen molar-refractivity contribution in [3.8, 4) is 11.4 Å². The quantitative estimate of drug-likeness (QED) is 0.854. The van der Waals surface area contributed by atoms with Crippen LogP contribution in [0.2, 0.25) is 0 Å². The highest BCUT2D eigenvalue weighted by Crippen LogP contribution is 2.25. The minimum atomic E-state index is 0.719. The highest BCUT2D eigenvalue weighted by molar-refractivity contribution is 5.52. The Labute approximate surface area is 125 Å². The molecule has 5 nitrogen and oxygen atoms in total. The molecule has 1 unspecified atom stereocenters. The Balaban J connectivity index is 1.71. The molecular weight excluding hydrogens is 262 g/mol. The van der Waals surface area contributed by atoms with E-state index in [-0.39, 0.29) is 0 Å². The van der Waals surface area contributed by atoms with Gasteiger partial charge in [0, 0.05) is 25.1 Å². The zero-order valence-corrected chi connectivity index (χ0v) is 12.8. The molecule has 1 aliphatic carbocycles. The third-order valence-electron chi connectivity index (χ3n) is 4.08. The van der Waals surface area contributed by atoms with Gasteiger partial charge in [-0.3, -0.25) is 4.68 Å². The number of aryl methyl sites for hydroxylation is 2. The first-order valence-electron chi connectivity index (χ1n) is 7.80. The summed E-state index contributed by atoms with van der Waals surface area (Å²) in [6.07, 6.45) is 10.4. The largest absolute Gasteiger partial charge is 0.316 e. The van der Waals surface area contributed by atoms with Gasteiger partial charge in [0.15, 0.2) is 5.82 Å². The molecule has 2 aromatic rings. The van der Waals surface area contributed by atoms with E-state index in [0.717, 1.165) is 43.2 Å². The van der Waals surface area contributed by atoms with Gasteiger partial charge < -0.3 is 5.32 Å². The molecule has 21 heavy (non-hydrogen) atoms. The van der Waals surface area contributed by atoms with Gasteiger partial charge in [-0.2, -0.15) is 5.10 Å². The summed E-state index contributed by atoms with van der Waals surface area (Å²) >= 11 is 0. The maximum absolute atomic E-state index is 4.74. The first kappa shape index (κ1) is 14.2. The van der Waals surface area contributed by atoms with Crippen molar-refractivity contribution in [1.82, 2.24) is 25.1 Å². The summed E-state index contributed by atoms with van der Waals surface area (Å²) in [6, 6.07) is 0. The number of hydrogen-bond donors (Lipinski definition) is 1. The lowest BCUT2D eigenvalue weighted by Gasteiger charge is -2.24. The van der Waals surface area contributed by atoms with Crippen molar-refractivity contribution in [3.05, 3.63) is 29.8 Å². The Morgan fingerprint density at radius 1 is 1.38 bits per heavy atom. The summed E-state index contributed by atoms with van der Waals surface area (Å²) in [5.41, 5.74) is 3.53. The van der Waals surface area contributed by atoms with E-state index in [1.165, 1.54) is 24.1 Å². The van der Waals surface area contributed by atoms with Crippen molar-refractivity contribution < 1.29 is 0 Å². The van der Waals surface area contributed by atoms with E-state index < -0.39 is 0 Å². The predicted octanol–water partition coefficient (Wildman–Crippen LogP) is 1.98. The van der Waals surface area contributed by atoms with E-state index in [2.05, 4.69) is 22.3 Å². The molecule has 2 aromatic heterocycles. The van der Waals surface area contributed by atoms with Gasteiger partial charge in [0.25, 0.3) is 0 Å². The molecule has 5 heteroatoms. The van der Waals surface area contributed by atoms with Gasteiger partial charge in [0.2, 0.25) is 0 Å². The fourth-order valence-electron chi connectivity index (χ4n) is 2.92. The van der Waals surface area contributed by atoms with E-state index in [1.54, 1.807) is 4.68 Å². The Kier molecular flexibility index (Phi) is 4.29. The lowest BCUT2D eigenvalue weighted by Crippen LogP contribution is -2.28. The Morgan fingerprint density at radius 2 is 2.29 bits per heavy atom. The van der Waals surface area contributed by atoms with Crippen LogP contribution in [0.4, 0.5) is 0 Å². The standard InChI is InChI=1S/C16H23N5/c1-3-6-17-8-12-4-5-15-13(7-12)9-18-16(20-15)14-10-19-21(2)11-14/h9-12,17H,3-8H2,1-2H3. The van der Waals surface area contributed by atoms with Gasteiger partial charge in [-0.25, -0.2) is 9.97 Å². The van der Waals surface area contributed by atoms with Crippen LogP contribution < -0.4 is 5.32 Å². The lowest BCUT2D eigenvalue weighted by atomic mass is 9.87. The molecule has 0 spiro atoms. The molecular formula is C16H23N5. The topological polar surface area (TPSA) is 55.6 Å². The van der Waals surface area contributed by atoms with E-state index in [4.69, 9.17) is 4.98 Å². The zero-order valence-electron chi connectivity index (χ0n) is 12.8. The highest BCUT2D eigenvalue weighted by atomic mass is 15.2. The van der Waals surface area contributed by atoms with E-state index in [1.807, 2.05) is 25.6 Å². The van der Waals surface area contributed by atoms with Crippen LogP contribution >= 0.6 is 0 Å². The minimum Gasteiger partial charge on any atom is -0.316 e. The van der Waals surface area contributed by atoms with Crippen LogP contribution in [0, 0.1) is 5.92 Å². The van der Waals surface area contributed by atoms with Crippen molar-refractivity contribution in [3.63, 3.8) is 0 Å². The first-order valence-corrected chi connectivity index (χ1v) is 7.80. The molecule has 1 N–H and O–H groups in total. The Bertz CT molecular complexity index is 604. The molecule has 0 amide bonds. The number of nitrogens with zero attached hydrogens (tertiary/aromatic N) is 4. The molecule has 0 saturated heterocycles. The average molecular weight is 285 g/mol. The molecule has 112 valence electrons. The SMILES string of the molecule is CCCNCC1CCc2nc(-c3cnn(C)c3)ncc2C1. The van der Waals surface area contributed by atoms with Gasteiger partial charge in [-0.15, -0.1) is 0 Å². The third-order valence-corrected chi connectivity index (χ3v) is 4.08.